The summed E-state index contributed by atoms with van der Waals surface area (Å²) in [5, 5.41) is 0. The van der Waals surface area contributed by atoms with Gasteiger partial charge in [0.2, 0.25) is 6.29 Å². The number of hydrogen-bond acceptors (Lipinski definition) is 4. The van der Waals surface area contributed by atoms with Crippen molar-refractivity contribution in [2.45, 2.75) is 0 Å². The molecule has 0 aliphatic rings. The summed E-state index contributed by atoms with van der Waals surface area (Å²) in [5.41, 5.74) is 5.49. The first-order valence-electron chi connectivity index (χ1n) is 3.96. The molecule has 3 N–H and O–H groups in total. The summed E-state index contributed by atoms with van der Waals surface area (Å²) < 4.78 is 4.70. The third-order valence-corrected chi connectivity index (χ3v) is 1.92. The zero-order valence-electron chi connectivity index (χ0n) is 7.37. The molecular formula is C9H5N2O4. The summed E-state index contributed by atoms with van der Waals surface area (Å²) in [5.74, 6) is -1.47. The van der Waals surface area contributed by atoms with Crippen LogP contribution in [-0.4, -0.2) is 17.2 Å². The number of H-pyrrole nitrogens is 1. The number of carbonyl (C=O) groups is 1. The Kier molecular flexibility index (Phi) is 1.89. The summed E-state index contributed by atoms with van der Waals surface area (Å²) in [6, 6.07) is 2.54. The van der Waals surface area contributed by atoms with Crippen molar-refractivity contribution in [3.05, 3.63) is 33.8 Å². The third-order valence-electron chi connectivity index (χ3n) is 1.92. The molecule has 1 amide bonds. The number of fused-ring (bicyclic) bond motifs is 1. The second-order valence-corrected chi connectivity index (χ2v) is 2.88. The summed E-state index contributed by atoms with van der Waals surface area (Å²) in [7, 11) is 0. The Morgan fingerprint density at radius 1 is 1.47 bits per heavy atom. The molecule has 2 rings (SSSR count). The Morgan fingerprint density at radius 3 is 2.80 bits per heavy atom. The van der Waals surface area contributed by atoms with Crippen molar-refractivity contribution in [3.8, 4) is 0 Å². The van der Waals surface area contributed by atoms with Gasteiger partial charge in [-0.25, -0.2) is 4.79 Å². The highest BCUT2D eigenvalue weighted by Gasteiger charge is 2.13. The number of aromatic nitrogens is 1. The molecule has 0 aliphatic heterocycles. The summed E-state index contributed by atoms with van der Waals surface area (Å²) >= 11 is 0. The molecule has 0 saturated carbocycles. The van der Waals surface area contributed by atoms with Crippen LogP contribution in [0.2, 0.25) is 0 Å². The second-order valence-electron chi connectivity index (χ2n) is 2.88. The molecule has 0 spiro atoms. The first kappa shape index (κ1) is 9.20. The van der Waals surface area contributed by atoms with Crippen LogP contribution in [0.1, 0.15) is 15.9 Å². The van der Waals surface area contributed by atoms with Crippen molar-refractivity contribution in [1.29, 1.82) is 0 Å². The van der Waals surface area contributed by atoms with E-state index in [0.29, 0.717) is 0 Å². The lowest BCUT2D eigenvalue weighted by Crippen LogP contribution is -2.12. The van der Waals surface area contributed by atoms with E-state index in [-0.39, 0.29) is 22.2 Å². The molecule has 0 bridgehead atoms. The Labute approximate surface area is 82.7 Å². The maximum absolute atomic E-state index is 11.0. The summed E-state index contributed by atoms with van der Waals surface area (Å²) in [4.78, 5) is 34.6. The Bertz CT molecular complexity index is 608. The van der Waals surface area contributed by atoms with E-state index in [1.807, 2.05) is 0 Å². The van der Waals surface area contributed by atoms with Crippen LogP contribution in [-0.2, 0) is 4.79 Å². The number of carbonyl (C=O) groups excluding carboxylic acids is 2. The van der Waals surface area contributed by atoms with E-state index in [1.54, 1.807) is 6.29 Å². The first-order valence-corrected chi connectivity index (χ1v) is 3.96. The SMILES string of the molecule is NC(=O)c1cc([C]=O)cc2oc(=O)[nH]c12. The number of nitrogens with two attached hydrogens (primary N) is 1. The van der Waals surface area contributed by atoms with Crippen LogP contribution >= 0.6 is 0 Å². The smallest absolute Gasteiger partial charge is 0.408 e. The topological polar surface area (TPSA) is 106 Å². The van der Waals surface area contributed by atoms with Crippen LogP contribution in [0.15, 0.2) is 21.3 Å². The Morgan fingerprint density at radius 2 is 2.20 bits per heavy atom. The van der Waals surface area contributed by atoms with Gasteiger partial charge in [-0.2, -0.15) is 0 Å². The molecule has 6 heteroatoms. The minimum atomic E-state index is -0.755. The minimum Gasteiger partial charge on any atom is -0.408 e. The molecule has 0 fully saturated rings. The zero-order valence-corrected chi connectivity index (χ0v) is 7.37. The van der Waals surface area contributed by atoms with E-state index in [4.69, 9.17) is 10.2 Å². The van der Waals surface area contributed by atoms with Gasteiger partial charge in [-0.1, -0.05) is 0 Å². The molecule has 75 valence electrons. The van der Waals surface area contributed by atoms with Gasteiger partial charge >= 0.3 is 5.76 Å². The van der Waals surface area contributed by atoms with E-state index in [2.05, 4.69) is 4.98 Å². The van der Waals surface area contributed by atoms with Crippen molar-refractivity contribution >= 4 is 23.3 Å². The van der Waals surface area contributed by atoms with Gasteiger partial charge in [-0.15, -0.1) is 0 Å². The first-order chi connectivity index (χ1) is 7.11. The highest BCUT2D eigenvalue weighted by Crippen LogP contribution is 2.16. The molecule has 0 unspecified atom stereocenters. The molecule has 1 aromatic heterocycles. The molecule has 1 radical (unpaired) electrons. The van der Waals surface area contributed by atoms with Crippen molar-refractivity contribution in [2.24, 2.45) is 5.73 Å². The maximum atomic E-state index is 11.0. The number of primary amides is 1. The average Bonchev–Trinajstić information content (AvgIpc) is 2.55. The van der Waals surface area contributed by atoms with Gasteiger partial charge in [0.05, 0.1) is 11.1 Å². The number of amides is 1. The molecule has 1 heterocycles. The van der Waals surface area contributed by atoms with Gasteiger partial charge in [-0.05, 0) is 12.1 Å². The van der Waals surface area contributed by atoms with Crippen molar-refractivity contribution in [3.63, 3.8) is 0 Å². The maximum Gasteiger partial charge on any atom is 0.417 e. The number of rotatable bonds is 2. The minimum absolute atomic E-state index is 0.0247. The Balaban J connectivity index is 2.91. The van der Waals surface area contributed by atoms with Gasteiger partial charge < -0.3 is 10.2 Å². The van der Waals surface area contributed by atoms with Gasteiger partial charge in [0.1, 0.15) is 0 Å². The Hall–Kier alpha value is -2.37. The standard InChI is InChI=1S/C9H5N2O4/c10-8(13)5-1-4(3-12)2-6-7(5)11-9(14)15-6/h1-2H,(H2,10,13)(H,11,14). The lowest BCUT2D eigenvalue weighted by atomic mass is 10.1. The lowest BCUT2D eigenvalue weighted by Gasteiger charge is -1.97. The fourth-order valence-corrected chi connectivity index (χ4v) is 1.31. The van der Waals surface area contributed by atoms with Crippen molar-refractivity contribution in [1.82, 2.24) is 4.98 Å². The predicted molar refractivity (Wildman–Crippen MR) is 50.1 cm³/mol. The van der Waals surface area contributed by atoms with Crippen LogP contribution in [0.5, 0.6) is 0 Å². The monoisotopic (exact) mass is 205 g/mol. The molecule has 6 nitrogen and oxygen atoms in total. The highest BCUT2D eigenvalue weighted by atomic mass is 16.4. The molecule has 0 atom stereocenters. The largest absolute Gasteiger partial charge is 0.417 e. The van der Waals surface area contributed by atoms with E-state index in [0.717, 1.165) is 0 Å². The van der Waals surface area contributed by atoms with Crippen LogP contribution in [0, 0.1) is 0 Å². The molecule has 2 aromatic rings. The molecule has 0 saturated heterocycles. The van der Waals surface area contributed by atoms with Crippen LogP contribution in [0.25, 0.3) is 11.1 Å². The molecule has 0 aliphatic carbocycles. The van der Waals surface area contributed by atoms with E-state index >= 15 is 0 Å². The predicted octanol–water partition coefficient (Wildman–Crippen LogP) is -0.322. The zero-order chi connectivity index (χ0) is 11.0. The van der Waals surface area contributed by atoms with E-state index in [1.165, 1.54) is 12.1 Å². The van der Waals surface area contributed by atoms with E-state index < -0.39 is 11.7 Å². The average molecular weight is 205 g/mol. The quantitative estimate of drug-likeness (QED) is 0.700. The number of hydrogen-bond donors (Lipinski definition) is 2. The van der Waals surface area contributed by atoms with Crippen molar-refractivity contribution in [2.75, 3.05) is 0 Å². The van der Waals surface area contributed by atoms with Gasteiger partial charge in [0, 0.05) is 5.56 Å². The number of nitrogens with one attached hydrogen (secondary N) is 1. The molecule has 15 heavy (non-hydrogen) atoms. The van der Waals surface area contributed by atoms with Crippen molar-refractivity contribution < 1.29 is 14.0 Å². The van der Waals surface area contributed by atoms with E-state index in [9.17, 15) is 14.4 Å². The number of oxazole rings is 1. The highest BCUT2D eigenvalue weighted by molar-refractivity contribution is 6.05. The molecule has 1 aromatic carbocycles. The third kappa shape index (κ3) is 1.41. The van der Waals surface area contributed by atoms with Gasteiger partial charge in [-0.3, -0.25) is 14.6 Å². The van der Waals surface area contributed by atoms with Crippen LogP contribution < -0.4 is 11.5 Å². The fraction of sp³-hybridized carbons (Fsp3) is 0. The summed E-state index contributed by atoms with van der Waals surface area (Å²) in [6.45, 7) is 0. The lowest BCUT2D eigenvalue weighted by molar-refractivity contribution is 0.100. The van der Waals surface area contributed by atoms with Crippen LogP contribution in [0.4, 0.5) is 0 Å². The summed E-state index contributed by atoms with van der Waals surface area (Å²) in [6.07, 6.45) is 1.59. The normalized spacial score (nSPS) is 10.4. The van der Waals surface area contributed by atoms with Gasteiger partial charge in [0.15, 0.2) is 5.58 Å². The second kappa shape index (κ2) is 3.09. The fourth-order valence-electron chi connectivity index (χ4n) is 1.31. The molecular weight excluding hydrogens is 200 g/mol. The number of benzene rings is 1. The number of aromatic amines is 1. The van der Waals surface area contributed by atoms with Gasteiger partial charge in [0.25, 0.3) is 5.91 Å². The van der Waals surface area contributed by atoms with Crippen LogP contribution in [0.3, 0.4) is 0 Å².